The smallest absolute Gasteiger partial charge is 0.406 e. The number of anilines is 1. The first-order valence-electron chi connectivity index (χ1n) is 10.2. The van der Waals surface area contributed by atoms with Gasteiger partial charge in [-0.05, 0) is 30.5 Å². The van der Waals surface area contributed by atoms with Crippen LogP contribution >= 0.6 is 0 Å². The van der Waals surface area contributed by atoms with E-state index in [1.54, 1.807) is 7.11 Å². The minimum absolute atomic E-state index is 0.0372. The highest BCUT2D eigenvalue weighted by Crippen LogP contribution is 2.25. The Morgan fingerprint density at radius 2 is 2.00 bits per heavy atom. The lowest BCUT2D eigenvalue weighted by Gasteiger charge is -2.25. The van der Waals surface area contributed by atoms with Crippen LogP contribution < -0.4 is 20.5 Å². The molecule has 1 fully saturated rings. The van der Waals surface area contributed by atoms with Crippen LogP contribution in [0.3, 0.4) is 0 Å². The third kappa shape index (κ3) is 6.68. The van der Waals surface area contributed by atoms with E-state index in [1.807, 2.05) is 4.90 Å². The number of methoxy groups -OCH3 is 2. The fourth-order valence-corrected chi connectivity index (χ4v) is 3.70. The normalized spacial score (nSPS) is 17.1. The maximum atomic E-state index is 12.9. The van der Waals surface area contributed by atoms with E-state index in [-0.39, 0.29) is 30.0 Å². The van der Waals surface area contributed by atoms with Crippen molar-refractivity contribution < 1.29 is 32.2 Å². The van der Waals surface area contributed by atoms with E-state index >= 15 is 0 Å². The van der Waals surface area contributed by atoms with Crippen molar-refractivity contribution in [3.05, 3.63) is 51.9 Å². The molecule has 1 aliphatic heterocycles. The van der Waals surface area contributed by atoms with Gasteiger partial charge in [-0.2, -0.15) is 0 Å². The third-order valence-electron chi connectivity index (χ3n) is 5.12. The van der Waals surface area contributed by atoms with Crippen molar-refractivity contribution in [2.75, 3.05) is 38.9 Å². The first kappa shape index (κ1) is 24.5. The highest BCUT2D eigenvalue weighted by Gasteiger charge is 2.31. The number of aromatic nitrogens is 2. The van der Waals surface area contributed by atoms with Gasteiger partial charge < -0.3 is 24.4 Å². The highest BCUT2D eigenvalue weighted by atomic mass is 19.4. The summed E-state index contributed by atoms with van der Waals surface area (Å²) in [5.74, 6) is -0.725. The van der Waals surface area contributed by atoms with Gasteiger partial charge in [0.15, 0.2) is 0 Å². The van der Waals surface area contributed by atoms with Gasteiger partial charge in [0.05, 0.1) is 25.3 Å². The molecule has 0 saturated carbocycles. The fraction of sp³-hybridized carbons (Fsp3) is 0.476. The summed E-state index contributed by atoms with van der Waals surface area (Å²) in [7, 11) is 3.02. The molecule has 0 aliphatic carbocycles. The molecule has 1 aliphatic rings. The lowest BCUT2D eigenvalue weighted by molar-refractivity contribution is -0.274. The molecule has 1 saturated heterocycles. The molecular formula is C21H25F3N4O5. The van der Waals surface area contributed by atoms with Crippen LogP contribution in [0, 0.1) is 0 Å². The van der Waals surface area contributed by atoms with E-state index in [0.717, 1.165) is 31.0 Å². The first-order chi connectivity index (χ1) is 15.7. The minimum atomic E-state index is -4.80. The molecule has 3 rings (SSSR count). The quantitative estimate of drug-likeness (QED) is 0.580. The standard InChI is InChI=1S/C21H25F3N4O5/c1-31-11-14-4-3-9-28(14)20-26-16(10-18(29)27-20)19(30)25-17(12-32-2)13-5-7-15(8-6-13)33-21(22,23)24/h5-8,10,14,17H,3-4,9,11-12H2,1-2H3,(H,25,30)(H,26,27,29)/t14-,17-/m1/s1. The van der Waals surface area contributed by atoms with Crippen LogP contribution in [0.5, 0.6) is 5.75 Å². The van der Waals surface area contributed by atoms with E-state index in [1.165, 1.54) is 19.2 Å². The van der Waals surface area contributed by atoms with Crippen LogP contribution in [0.25, 0.3) is 0 Å². The summed E-state index contributed by atoms with van der Waals surface area (Å²) in [6.45, 7) is 1.17. The number of halogens is 3. The van der Waals surface area contributed by atoms with Crippen molar-refractivity contribution in [2.24, 2.45) is 0 Å². The maximum Gasteiger partial charge on any atom is 0.573 e. The summed E-state index contributed by atoms with van der Waals surface area (Å²) >= 11 is 0. The Balaban J connectivity index is 1.78. The lowest BCUT2D eigenvalue weighted by atomic mass is 10.1. The summed E-state index contributed by atoms with van der Waals surface area (Å²) in [6, 6.07) is 5.50. The van der Waals surface area contributed by atoms with E-state index < -0.39 is 23.9 Å². The van der Waals surface area contributed by atoms with Gasteiger partial charge in [-0.15, -0.1) is 13.2 Å². The summed E-state index contributed by atoms with van der Waals surface area (Å²) in [4.78, 5) is 34.0. The number of aromatic amines is 1. The number of carbonyl (C=O) groups excluding carboxylic acids is 1. The number of hydrogen-bond donors (Lipinski definition) is 2. The number of benzene rings is 1. The fourth-order valence-electron chi connectivity index (χ4n) is 3.70. The van der Waals surface area contributed by atoms with Crippen LogP contribution in [-0.2, 0) is 9.47 Å². The van der Waals surface area contributed by atoms with Gasteiger partial charge in [0, 0.05) is 26.8 Å². The summed E-state index contributed by atoms with van der Waals surface area (Å²) < 4.78 is 51.4. The molecule has 2 N–H and O–H groups in total. The van der Waals surface area contributed by atoms with Gasteiger partial charge in [-0.25, -0.2) is 4.98 Å². The van der Waals surface area contributed by atoms with E-state index in [0.29, 0.717) is 18.7 Å². The van der Waals surface area contributed by atoms with Crippen molar-refractivity contribution >= 4 is 11.9 Å². The Morgan fingerprint density at radius 1 is 1.27 bits per heavy atom. The Bertz CT molecular complexity index is 997. The molecule has 33 heavy (non-hydrogen) atoms. The number of carbonyl (C=O) groups is 1. The Labute approximate surface area is 187 Å². The first-order valence-corrected chi connectivity index (χ1v) is 10.2. The number of ether oxygens (including phenoxy) is 3. The molecule has 0 unspecified atom stereocenters. The van der Waals surface area contributed by atoms with Gasteiger partial charge in [-0.1, -0.05) is 12.1 Å². The predicted octanol–water partition coefficient (Wildman–Crippen LogP) is 2.40. The molecule has 2 heterocycles. The monoisotopic (exact) mass is 470 g/mol. The second-order valence-corrected chi connectivity index (χ2v) is 7.50. The maximum absolute atomic E-state index is 12.9. The largest absolute Gasteiger partial charge is 0.573 e. The topological polar surface area (TPSA) is 106 Å². The number of nitrogens with one attached hydrogen (secondary N) is 2. The van der Waals surface area contributed by atoms with Crippen molar-refractivity contribution in [1.82, 2.24) is 15.3 Å². The van der Waals surface area contributed by atoms with E-state index in [9.17, 15) is 22.8 Å². The zero-order chi connectivity index (χ0) is 24.0. The third-order valence-corrected chi connectivity index (χ3v) is 5.12. The minimum Gasteiger partial charge on any atom is -0.406 e. The lowest BCUT2D eigenvalue weighted by Crippen LogP contribution is -2.37. The number of hydrogen-bond acceptors (Lipinski definition) is 7. The molecule has 2 aromatic rings. The van der Waals surface area contributed by atoms with Crippen molar-refractivity contribution in [1.29, 1.82) is 0 Å². The predicted molar refractivity (Wildman–Crippen MR) is 112 cm³/mol. The molecule has 0 bridgehead atoms. The molecule has 1 amide bonds. The number of amides is 1. The van der Waals surface area contributed by atoms with Crippen molar-refractivity contribution in [3.8, 4) is 5.75 Å². The zero-order valence-corrected chi connectivity index (χ0v) is 18.1. The molecule has 9 nitrogen and oxygen atoms in total. The summed E-state index contributed by atoms with van der Waals surface area (Å²) in [6.07, 6.45) is -3.03. The SMILES string of the molecule is COC[C@H]1CCCN1c1nc(C(=O)N[C@H](COC)c2ccc(OC(F)(F)F)cc2)cc(=O)[nH]1. The zero-order valence-electron chi connectivity index (χ0n) is 18.1. The van der Waals surface area contributed by atoms with Crippen LogP contribution in [0.2, 0.25) is 0 Å². The van der Waals surface area contributed by atoms with Gasteiger partial charge in [0.1, 0.15) is 11.4 Å². The molecule has 180 valence electrons. The Kier molecular flexibility index (Phi) is 7.92. The van der Waals surface area contributed by atoms with Gasteiger partial charge in [0.2, 0.25) is 5.95 Å². The van der Waals surface area contributed by atoms with E-state index in [2.05, 4.69) is 20.0 Å². The van der Waals surface area contributed by atoms with Crippen molar-refractivity contribution in [3.63, 3.8) is 0 Å². The van der Waals surface area contributed by atoms with Gasteiger partial charge in [-0.3, -0.25) is 14.6 Å². The number of alkyl halides is 3. The average molecular weight is 470 g/mol. The molecule has 2 atom stereocenters. The van der Waals surface area contributed by atoms with Gasteiger partial charge in [0.25, 0.3) is 11.5 Å². The van der Waals surface area contributed by atoms with Crippen LogP contribution in [-0.4, -0.2) is 62.3 Å². The molecular weight excluding hydrogens is 445 g/mol. The number of rotatable bonds is 9. The number of H-pyrrole nitrogens is 1. The molecule has 1 aromatic heterocycles. The summed E-state index contributed by atoms with van der Waals surface area (Å²) in [5, 5.41) is 2.71. The average Bonchev–Trinajstić information content (AvgIpc) is 3.21. The molecule has 0 radical (unpaired) electrons. The van der Waals surface area contributed by atoms with Gasteiger partial charge >= 0.3 is 6.36 Å². The second kappa shape index (κ2) is 10.7. The van der Waals surface area contributed by atoms with Crippen LogP contribution in [0.1, 0.15) is 34.9 Å². The molecule has 1 aromatic carbocycles. The summed E-state index contributed by atoms with van der Waals surface area (Å²) in [5.41, 5.74) is -0.0791. The number of nitrogens with zero attached hydrogens (tertiary/aromatic N) is 2. The van der Waals surface area contributed by atoms with Crippen LogP contribution in [0.4, 0.5) is 19.1 Å². The Hall–Kier alpha value is -3.12. The second-order valence-electron chi connectivity index (χ2n) is 7.50. The molecule has 12 heteroatoms. The van der Waals surface area contributed by atoms with E-state index in [4.69, 9.17) is 9.47 Å². The van der Waals surface area contributed by atoms with Crippen molar-refractivity contribution in [2.45, 2.75) is 31.3 Å². The Morgan fingerprint density at radius 3 is 2.64 bits per heavy atom. The molecule has 0 spiro atoms. The van der Waals surface area contributed by atoms with Crippen LogP contribution in [0.15, 0.2) is 35.1 Å². The highest BCUT2D eigenvalue weighted by molar-refractivity contribution is 5.92.